The first-order valence-electron chi connectivity index (χ1n) is 5.44. The van der Waals surface area contributed by atoms with Crippen molar-refractivity contribution in [1.29, 1.82) is 0 Å². The summed E-state index contributed by atoms with van der Waals surface area (Å²) in [6, 6.07) is 7.76. The van der Waals surface area contributed by atoms with E-state index in [4.69, 9.17) is 11.6 Å². The molecule has 2 rings (SSSR count). The Bertz CT molecular complexity index is 629. The number of hydrogen-bond acceptors (Lipinski definition) is 0. The van der Waals surface area contributed by atoms with Gasteiger partial charge in [-0.3, -0.25) is 0 Å². The van der Waals surface area contributed by atoms with Crippen LogP contribution in [0, 0.1) is 18.6 Å². The van der Waals surface area contributed by atoms with Gasteiger partial charge in [-0.25, -0.2) is 8.78 Å². The van der Waals surface area contributed by atoms with E-state index >= 15 is 0 Å². The highest BCUT2D eigenvalue weighted by Gasteiger charge is 2.19. The Morgan fingerprint density at radius 2 is 1.68 bits per heavy atom. The fourth-order valence-electron chi connectivity index (χ4n) is 1.75. The van der Waals surface area contributed by atoms with Gasteiger partial charge in [0.2, 0.25) is 0 Å². The Balaban J connectivity index is 2.49. The number of alkyl halides is 1. The molecule has 0 aliphatic rings. The Hall–Kier alpha value is -0.450. The van der Waals surface area contributed by atoms with Crippen LogP contribution < -0.4 is 0 Å². The molecule has 2 aromatic rings. The van der Waals surface area contributed by atoms with Gasteiger partial charge in [0, 0.05) is 20.6 Å². The van der Waals surface area contributed by atoms with Crippen LogP contribution in [0.4, 0.5) is 8.78 Å². The third kappa shape index (κ3) is 3.18. The molecule has 0 fully saturated rings. The molecule has 0 amide bonds. The molecule has 1 unspecified atom stereocenters. The Morgan fingerprint density at radius 1 is 1.00 bits per heavy atom. The minimum absolute atomic E-state index is 0.267. The molecule has 19 heavy (non-hydrogen) atoms. The number of benzene rings is 2. The molecule has 0 saturated carbocycles. The summed E-state index contributed by atoms with van der Waals surface area (Å²) in [6.07, 6.45) is 0. The second-order valence-corrected chi connectivity index (χ2v) is 6.36. The molecular formula is C14H9Br2ClF2. The normalized spacial score (nSPS) is 12.5. The lowest BCUT2D eigenvalue weighted by Crippen LogP contribution is -2.00. The molecule has 2 aromatic carbocycles. The number of halogens is 5. The first-order valence-corrected chi connectivity index (χ1v) is 7.47. The molecule has 0 aliphatic carbocycles. The summed E-state index contributed by atoms with van der Waals surface area (Å²) < 4.78 is 28.7. The van der Waals surface area contributed by atoms with Gasteiger partial charge in [-0.1, -0.05) is 37.9 Å². The molecule has 0 saturated heterocycles. The first kappa shape index (κ1) is 14.9. The van der Waals surface area contributed by atoms with E-state index in [2.05, 4.69) is 31.9 Å². The summed E-state index contributed by atoms with van der Waals surface area (Å²) in [5, 5.41) is -0.679. The fourth-order valence-corrected chi connectivity index (χ4v) is 3.51. The summed E-state index contributed by atoms with van der Waals surface area (Å²) in [5.74, 6) is -1.21. The van der Waals surface area contributed by atoms with Crippen LogP contribution in [0.15, 0.2) is 39.3 Å². The van der Waals surface area contributed by atoms with Crippen LogP contribution in [0.1, 0.15) is 22.1 Å². The van der Waals surface area contributed by atoms with E-state index in [0.29, 0.717) is 5.56 Å². The molecule has 0 N–H and O–H groups in total. The molecule has 0 aromatic heterocycles. The van der Waals surface area contributed by atoms with E-state index < -0.39 is 17.0 Å². The minimum atomic E-state index is -0.679. The van der Waals surface area contributed by atoms with Crippen LogP contribution in [0.5, 0.6) is 0 Å². The molecule has 1 atom stereocenters. The van der Waals surface area contributed by atoms with E-state index in [9.17, 15) is 8.78 Å². The van der Waals surface area contributed by atoms with Crippen molar-refractivity contribution in [1.82, 2.24) is 0 Å². The zero-order chi connectivity index (χ0) is 14.2. The van der Waals surface area contributed by atoms with Crippen molar-refractivity contribution in [2.75, 3.05) is 0 Å². The monoisotopic (exact) mass is 408 g/mol. The molecule has 5 heteroatoms. The average molecular weight is 410 g/mol. The van der Waals surface area contributed by atoms with Crippen molar-refractivity contribution in [3.8, 4) is 0 Å². The standard InChI is InChI=1S/C14H9Br2ClF2/c1-7-4-10(13(19)6-12(7)18)14(17)9-3-2-8(15)5-11(9)16/h2-6,14H,1H3. The van der Waals surface area contributed by atoms with Crippen LogP contribution in [0.2, 0.25) is 0 Å². The lowest BCUT2D eigenvalue weighted by molar-refractivity contribution is 0.568. The quantitative estimate of drug-likeness (QED) is 0.523. The highest BCUT2D eigenvalue weighted by Crippen LogP contribution is 2.36. The molecule has 0 spiro atoms. The maximum absolute atomic E-state index is 13.8. The topological polar surface area (TPSA) is 0 Å². The number of hydrogen-bond donors (Lipinski definition) is 0. The smallest absolute Gasteiger partial charge is 0.131 e. The van der Waals surface area contributed by atoms with Gasteiger partial charge >= 0.3 is 0 Å². The third-order valence-electron chi connectivity index (χ3n) is 2.79. The highest BCUT2D eigenvalue weighted by atomic mass is 79.9. The maximum atomic E-state index is 13.8. The molecule has 0 bridgehead atoms. The summed E-state index contributed by atoms with van der Waals surface area (Å²) in [4.78, 5) is 0. The Labute approximate surface area is 132 Å². The zero-order valence-corrected chi connectivity index (χ0v) is 13.8. The van der Waals surface area contributed by atoms with Crippen molar-refractivity contribution in [3.63, 3.8) is 0 Å². The molecular weight excluding hydrogens is 401 g/mol. The Morgan fingerprint density at radius 3 is 2.32 bits per heavy atom. The Kier molecular flexibility index (Phi) is 4.64. The van der Waals surface area contributed by atoms with Crippen molar-refractivity contribution in [3.05, 3.63) is 67.6 Å². The molecule has 0 heterocycles. The number of aryl methyl sites for hydroxylation is 1. The molecule has 0 nitrogen and oxygen atoms in total. The fraction of sp³-hybridized carbons (Fsp3) is 0.143. The van der Waals surface area contributed by atoms with E-state index in [1.807, 2.05) is 12.1 Å². The van der Waals surface area contributed by atoms with Gasteiger partial charge in [-0.2, -0.15) is 0 Å². The minimum Gasteiger partial charge on any atom is -0.207 e. The van der Waals surface area contributed by atoms with Gasteiger partial charge in [-0.15, -0.1) is 11.6 Å². The lowest BCUT2D eigenvalue weighted by atomic mass is 10.0. The average Bonchev–Trinajstić information content (AvgIpc) is 2.33. The van der Waals surface area contributed by atoms with Crippen LogP contribution in [-0.2, 0) is 0 Å². The third-order valence-corrected chi connectivity index (χ3v) is 4.44. The van der Waals surface area contributed by atoms with Crippen molar-refractivity contribution < 1.29 is 8.78 Å². The van der Waals surface area contributed by atoms with Crippen LogP contribution >= 0.6 is 43.5 Å². The largest absolute Gasteiger partial charge is 0.207 e. The lowest BCUT2D eigenvalue weighted by Gasteiger charge is -2.14. The second-order valence-electron chi connectivity index (χ2n) is 4.15. The van der Waals surface area contributed by atoms with Crippen LogP contribution in [0.25, 0.3) is 0 Å². The van der Waals surface area contributed by atoms with E-state index in [0.717, 1.165) is 20.6 Å². The maximum Gasteiger partial charge on any atom is 0.131 e. The zero-order valence-electron chi connectivity index (χ0n) is 9.85. The second kappa shape index (κ2) is 5.90. The summed E-state index contributed by atoms with van der Waals surface area (Å²) >= 11 is 13.0. The molecule has 0 radical (unpaired) electrons. The number of rotatable bonds is 2. The van der Waals surface area contributed by atoms with Crippen molar-refractivity contribution >= 4 is 43.5 Å². The van der Waals surface area contributed by atoms with Gasteiger partial charge in [0.15, 0.2) is 0 Å². The predicted octanol–water partition coefficient (Wildman–Crippen LogP) is 6.13. The van der Waals surface area contributed by atoms with Crippen LogP contribution in [-0.4, -0.2) is 0 Å². The molecule has 100 valence electrons. The van der Waals surface area contributed by atoms with Gasteiger partial charge in [0.1, 0.15) is 11.6 Å². The van der Waals surface area contributed by atoms with E-state index in [1.54, 1.807) is 13.0 Å². The predicted molar refractivity (Wildman–Crippen MR) is 80.6 cm³/mol. The van der Waals surface area contributed by atoms with E-state index in [-0.39, 0.29) is 5.56 Å². The van der Waals surface area contributed by atoms with Gasteiger partial charge in [0.25, 0.3) is 0 Å². The summed E-state index contributed by atoms with van der Waals surface area (Å²) in [5.41, 5.74) is 1.37. The van der Waals surface area contributed by atoms with Gasteiger partial charge in [0.05, 0.1) is 5.38 Å². The van der Waals surface area contributed by atoms with Crippen LogP contribution in [0.3, 0.4) is 0 Å². The summed E-state index contributed by atoms with van der Waals surface area (Å²) in [7, 11) is 0. The highest BCUT2D eigenvalue weighted by molar-refractivity contribution is 9.11. The van der Waals surface area contributed by atoms with Gasteiger partial charge < -0.3 is 0 Å². The van der Waals surface area contributed by atoms with Crippen molar-refractivity contribution in [2.24, 2.45) is 0 Å². The summed E-state index contributed by atoms with van der Waals surface area (Å²) in [6.45, 7) is 1.58. The van der Waals surface area contributed by atoms with Crippen molar-refractivity contribution in [2.45, 2.75) is 12.3 Å². The van der Waals surface area contributed by atoms with E-state index in [1.165, 1.54) is 6.07 Å². The SMILES string of the molecule is Cc1cc(C(Cl)c2ccc(Br)cc2Br)c(F)cc1F. The first-order chi connectivity index (χ1) is 8.90. The molecule has 0 aliphatic heterocycles. The van der Waals surface area contributed by atoms with Gasteiger partial charge in [-0.05, 0) is 36.2 Å².